The minimum Gasteiger partial charge on any atom is -0.373 e. The molecule has 0 saturated carbocycles. The minimum atomic E-state index is -4.56. The van der Waals surface area contributed by atoms with Crippen molar-refractivity contribution in [3.63, 3.8) is 0 Å². The van der Waals surface area contributed by atoms with Gasteiger partial charge in [0.25, 0.3) is 0 Å². The second-order valence-electron chi connectivity index (χ2n) is 10.4. The van der Waals surface area contributed by atoms with Crippen molar-refractivity contribution in [2.75, 3.05) is 27.7 Å². The van der Waals surface area contributed by atoms with Crippen molar-refractivity contribution in [1.29, 1.82) is 0 Å². The van der Waals surface area contributed by atoms with Crippen molar-refractivity contribution in [2.45, 2.75) is 121 Å². The van der Waals surface area contributed by atoms with Gasteiger partial charge in [-0.05, 0) is 32.1 Å². The zero-order chi connectivity index (χ0) is 23.6. The lowest BCUT2D eigenvalue weighted by Gasteiger charge is -2.35. The number of unbranched alkanes of at least 4 members (excludes halogenated alkanes) is 14. The molecule has 0 rings (SSSR count). The number of allylic oxidation sites excluding steroid dienone is 2. The maximum atomic E-state index is 11.8. The molecule has 31 heavy (non-hydrogen) atoms. The Labute approximate surface area is 193 Å². The highest BCUT2D eigenvalue weighted by atomic mass is 31.2. The number of likely N-dealkylation sites (N-methyl/N-ethyl adjacent to an activating group) is 1. The van der Waals surface area contributed by atoms with E-state index in [-0.39, 0.29) is 13.0 Å². The molecule has 0 saturated heterocycles. The summed E-state index contributed by atoms with van der Waals surface area (Å²) in [5.41, 5.74) is 0. The predicted octanol–water partition coefficient (Wildman–Crippen LogP) is 6.77. The molecular formula is C25H53NO4P+. The molecule has 5 nitrogen and oxygen atoms in total. The summed E-state index contributed by atoms with van der Waals surface area (Å²) in [6.07, 6.45) is 24.5. The molecular weight excluding hydrogens is 409 g/mol. The van der Waals surface area contributed by atoms with Gasteiger partial charge in [-0.2, -0.15) is 0 Å². The fourth-order valence-electron chi connectivity index (χ4n) is 4.10. The van der Waals surface area contributed by atoms with Crippen molar-refractivity contribution in [2.24, 2.45) is 0 Å². The molecule has 0 fully saturated rings. The Morgan fingerprint density at radius 1 is 0.710 bits per heavy atom. The molecule has 0 amide bonds. The lowest BCUT2D eigenvalue weighted by molar-refractivity contribution is -0.875. The van der Waals surface area contributed by atoms with E-state index in [0.29, 0.717) is 10.9 Å². The lowest BCUT2D eigenvalue weighted by atomic mass is 10.0. The van der Waals surface area contributed by atoms with Crippen LogP contribution in [0.1, 0.15) is 116 Å². The van der Waals surface area contributed by atoms with Gasteiger partial charge in [-0.1, -0.05) is 96.1 Å². The summed E-state index contributed by atoms with van der Waals surface area (Å²) >= 11 is 0. The van der Waals surface area contributed by atoms with Crippen molar-refractivity contribution in [3.8, 4) is 0 Å². The average Bonchev–Trinajstić information content (AvgIpc) is 2.65. The van der Waals surface area contributed by atoms with E-state index < -0.39 is 12.9 Å². The Hall–Kier alpha value is -0.190. The number of quaternary nitrogens is 1. The first-order chi connectivity index (χ1) is 14.5. The molecule has 0 heterocycles. The third-order valence-electron chi connectivity index (χ3n) is 5.86. The van der Waals surface area contributed by atoms with Gasteiger partial charge in [0.1, 0.15) is 6.54 Å². The lowest BCUT2D eigenvalue weighted by Crippen LogP contribution is -2.49. The molecule has 0 aliphatic rings. The smallest absolute Gasteiger partial charge is 0.362 e. The first-order valence-electron chi connectivity index (χ1n) is 12.8. The van der Waals surface area contributed by atoms with Gasteiger partial charge in [0, 0.05) is 0 Å². The van der Waals surface area contributed by atoms with E-state index in [1.54, 1.807) is 0 Å². The summed E-state index contributed by atoms with van der Waals surface area (Å²) in [6, 6.07) is 0. The molecule has 0 aliphatic carbocycles. The van der Waals surface area contributed by atoms with Crippen LogP contribution in [0.3, 0.4) is 0 Å². The third kappa shape index (κ3) is 18.0. The number of hydrogen-bond acceptors (Lipinski definition) is 2. The van der Waals surface area contributed by atoms with E-state index in [2.05, 4.69) is 19.1 Å². The molecule has 0 aromatic rings. The van der Waals surface area contributed by atoms with E-state index in [4.69, 9.17) is 0 Å². The molecule has 0 aliphatic heterocycles. The van der Waals surface area contributed by atoms with Crippen molar-refractivity contribution < 1.29 is 23.9 Å². The number of rotatable bonds is 21. The van der Waals surface area contributed by atoms with Gasteiger partial charge in [-0.3, -0.25) is 4.57 Å². The molecule has 0 bridgehead atoms. The maximum absolute atomic E-state index is 11.8. The zero-order valence-electron chi connectivity index (χ0n) is 21.0. The first kappa shape index (κ1) is 30.8. The molecule has 0 aromatic heterocycles. The van der Waals surface area contributed by atoms with Gasteiger partial charge in [0.15, 0.2) is 0 Å². The third-order valence-corrected chi connectivity index (χ3v) is 7.31. The summed E-state index contributed by atoms with van der Waals surface area (Å²) in [6.45, 7) is 2.31. The van der Waals surface area contributed by atoms with Crippen LogP contribution in [-0.4, -0.2) is 52.4 Å². The fraction of sp³-hybridized carbons (Fsp3) is 0.920. The largest absolute Gasteiger partial charge is 0.373 e. The van der Waals surface area contributed by atoms with Crippen LogP contribution >= 0.6 is 7.60 Å². The van der Waals surface area contributed by atoms with Gasteiger partial charge in [0.2, 0.25) is 5.34 Å². The Kier molecular flexibility index (Phi) is 17.2. The number of hydrogen-bond donors (Lipinski definition) is 3. The van der Waals surface area contributed by atoms with Gasteiger partial charge in [-0.25, -0.2) is 0 Å². The normalized spacial score (nSPS) is 14.9. The van der Waals surface area contributed by atoms with Crippen LogP contribution in [0.15, 0.2) is 12.2 Å². The summed E-state index contributed by atoms with van der Waals surface area (Å²) in [5.74, 6) is 0. The Balaban J connectivity index is 3.66. The van der Waals surface area contributed by atoms with Crippen LogP contribution in [0.25, 0.3) is 0 Å². The fourth-order valence-corrected chi connectivity index (χ4v) is 5.15. The molecule has 1 atom stereocenters. The second kappa shape index (κ2) is 17.3. The molecule has 1 unspecified atom stereocenters. The number of nitrogens with zero attached hydrogens (tertiary/aromatic N) is 1. The zero-order valence-corrected chi connectivity index (χ0v) is 21.9. The van der Waals surface area contributed by atoms with Crippen LogP contribution in [0.4, 0.5) is 0 Å². The standard InChI is InChI=1S/C25H52NO4P/c1-5-6-7-8-9-10-11-12-13-14-15-16-17-18-19-20-21-22-23-25(27,31(28,29)30)24-26(2,3)4/h19-20,27H,5-18,21-24H2,1-4H3,(H-,28,29,30)/p+1/b20-19-. The topological polar surface area (TPSA) is 77.8 Å². The van der Waals surface area contributed by atoms with E-state index in [1.165, 1.54) is 83.5 Å². The minimum absolute atomic E-state index is 0.0416. The van der Waals surface area contributed by atoms with E-state index in [9.17, 15) is 19.5 Å². The van der Waals surface area contributed by atoms with Crippen LogP contribution in [-0.2, 0) is 4.57 Å². The summed E-state index contributed by atoms with van der Waals surface area (Å²) in [4.78, 5) is 19.2. The monoisotopic (exact) mass is 462 g/mol. The van der Waals surface area contributed by atoms with E-state index in [1.807, 2.05) is 21.1 Å². The van der Waals surface area contributed by atoms with Crippen LogP contribution in [0, 0.1) is 0 Å². The molecule has 3 N–H and O–H groups in total. The Morgan fingerprint density at radius 3 is 1.48 bits per heavy atom. The first-order valence-corrected chi connectivity index (χ1v) is 14.4. The molecule has 6 heteroatoms. The summed E-state index contributed by atoms with van der Waals surface area (Å²) < 4.78 is 12.1. The van der Waals surface area contributed by atoms with Crippen molar-refractivity contribution in [3.05, 3.63) is 12.2 Å². The van der Waals surface area contributed by atoms with Gasteiger partial charge in [0.05, 0.1) is 21.1 Å². The SMILES string of the molecule is CCCCCCCCCCCCCCC/C=C\CCCC(O)(C[N+](C)(C)C)P(=O)(O)O. The highest BCUT2D eigenvalue weighted by Gasteiger charge is 2.48. The highest BCUT2D eigenvalue weighted by Crippen LogP contribution is 2.52. The van der Waals surface area contributed by atoms with Crippen LogP contribution < -0.4 is 0 Å². The van der Waals surface area contributed by atoms with E-state index >= 15 is 0 Å². The van der Waals surface area contributed by atoms with Crippen molar-refractivity contribution in [1.82, 2.24) is 0 Å². The average molecular weight is 463 g/mol. The number of aliphatic hydroxyl groups is 1. The summed E-state index contributed by atoms with van der Waals surface area (Å²) in [7, 11) is 0.928. The van der Waals surface area contributed by atoms with Gasteiger partial charge in [-0.15, -0.1) is 0 Å². The quantitative estimate of drug-likeness (QED) is 0.0761. The second-order valence-corrected chi connectivity index (χ2v) is 12.3. The molecule has 0 aromatic carbocycles. The Bertz CT molecular complexity index is 498. The summed E-state index contributed by atoms with van der Waals surface area (Å²) in [5, 5.41) is 8.58. The molecule has 0 radical (unpaired) electrons. The van der Waals surface area contributed by atoms with Crippen LogP contribution in [0.2, 0.25) is 0 Å². The molecule has 0 spiro atoms. The van der Waals surface area contributed by atoms with Gasteiger partial charge >= 0.3 is 7.60 Å². The highest BCUT2D eigenvalue weighted by molar-refractivity contribution is 7.53. The van der Waals surface area contributed by atoms with E-state index in [0.717, 1.165) is 12.8 Å². The van der Waals surface area contributed by atoms with Gasteiger partial charge < -0.3 is 19.4 Å². The molecule has 186 valence electrons. The Morgan fingerprint density at radius 2 is 1.10 bits per heavy atom. The maximum Gasteiger partial charge on any atom is 0.362 e. The van der Waals surface area contributed by atoms with Crippen molar-refractivity contribution >= 4 is 7.60 Å². The van der Waals surface area contributed by atoms with Crippen LogP contribution in [0.5, 0.6) is 0 Å². The predicted molar refractivity (Wildman–Crippen MR) is 133 cm³/mol.